The molecule has 0 N–H and O–H groups in total. The molecule has 0 bridgehead atoms. The molecule has 1 aromatic carbocycles. The summed E-state index contributed by atoms with van der Waals surface area (Å²) in [5.74, 6) is -0.280. The Hall–Kier alpha value is -0.650. The number of benzene rings is 1. The number of Topliss-reactive ketones (excluding diaryl/α,β-unsaturated/α-hetero) is 1. The molecule has 0 amide bonds. The first-order valence-electron chi connectivity index (χ1n) is 3.60. The molecular formula is C9H8FIO2. The molecule has 0 aliphatic heterocycles. The number of halogens is 2. The molecule has 0 unspecified atom stereocenters. The summed E-state index contributed by atoms with van der Waals surface area (Å²) >= 11 is 1.95. The van der Waals surface area contributed by atoms with E-state index in [-0.39, 0.29) is 11.3 Å². The lowest BCUT2D eigenvalue weighted by Crippen LogP contribution is -1.99. The Kier molecular flexibility index (Phi) is 3.24. The SMILES string of the molecule is COc1cc(C(C)=O)c(F)cc1I. The highest BCUT2D eigenvalue weighted by Gasteiger charge is 2.11. The second-order valence-electron chi connectivity index (χ2n) is 2.52. The fraction of sp³-hybridized carbons (Fsp3) is 0.222. The summed E-state index contributed by atoms with van der Waals surface area (Å²) in [6.45, 7) is 1.32. The van der Waals surface area contributed by atoms with Crippen molar-refractivity contribution in [3.05, 3.63) is 27.1 Å². The molecule has 0 radical (unpaired) electrons. The molecule has 1 rings (SSSR count). The van der Waals surface area contributed by atoms with Crippen LogP contribution in [0.15, 0.2) is 12.1 Å². The number of ether oxygens (including phenoxy) is 1. The Morgan fingerprint density at radius 2 is 2.15 bits per heavy atom. The van der Waals surface area contributed by atoms with Gasteiger partial charge >= 0.3 is 0 Å². The molecule has 0 saturated heterocycles. The van der Waals surface area contributed by atoms with E-state index in [1.807, 2.05) is 22.6 Å². The van der Waals surface area contributed by atoms with Crippen LogP contribution in [0.1, 0.15) is 17.3 Å². The fourth-order valence-electron chi connectivity index (χ4n) is 0.955. The van der Waals surface area contributed by atoms with E-state index in [4.69, 9.17) is 4.74 Å². The Morgan fingerprint density at radius 3 is 2.62 bits per heavy atom. The lowest BCUT2D eigenvalue weighted by molar-refractivity contribution is 0.101. The summed E-state index contributed by atoms with van der Waals surface area (Å²) in [6.07, 6.45) is 0. The van der Waals surface area contributed by atoms with Crippen LogP contribution in [0.2, 0.25) is 0 Å². The number of rotatable bonds is 2. The summed E-state index contributed by atoms with van der Waals surface area (Å²) in [7, 11) is 1.49. The van der Waals surface area contributed by atoms with Crippen LogP contribution in [0.25, 0.3) is 0 Å². The average molecular weight is 294 g/mol. The number of hydrogen-bond donors (Lipinski definition) is 0. The molecule has 0 atom stereocenters. The molecule has 0 heterocycles. The van der Waals surface area contributed by atoms with Gasteiger partial charge in [0.05, 0.1) is 16.2 Å². The highest BCUT2D eigenvalue weighted by Crippen LogP contribution is 2.24. The van der Waals surface area contributed by atoms with Crippen LogP contribution in [0, 0.1) is 9.39 Å². The number of carbonyl (C=O) groups excluding carboxylic acids is 1. The van der Waals surface area contributed by atoms with Gasteiger partial charge in [0.25, 0.3) is 0 Å². The minimum atomic E-state index is -0.502. The van der Waals surface area contributed by atoms with Crippen molar-refractivity contribution in [2.45, 2.75) is 6.92 Å². The molecule has 13 heavy (non-hydrogen) atoms. The minimum Gasteiger partial charge on any atom is -0.496 e. The third kappa shape index (κ3) is 2.18. The van der Waals surface area contributed by atoms with Crippen molar-refractivity contribution >= 4 is 28.4 Å². The van der Waals surface area contributed by atoms with Crippen LogP contribution in [-0.2, 0) is 0 Å². The smallest absolute Gasteiger partial charge is 0.162 e. The van der Waals surface area contributed by atoms with Crippen molar-refractivity contribution < 1.29 is 13.9 Å². The van der Waals surface area contributed by atoms with Crippen LogP contribution >= 0.6 is 22.6 Å². The highest BCUT2D eigenvalue weighted by atomic mass is 127. The van der Waals surface area contributed by atoms with Gasteiger partial charge in [0, 0.05) is 0 Å². The van der Waals surface area contributed by atoms with Crippen molar-refractivity contribution in [2.24, 2.45) is 0 Å². The highest BCUT2D eigenvalue weighted by molar-refractivity contribution is 14.1. The molecular weight excluding hydrogens is 286 g/mol. The van der Waals surface area contributed by atoms with Crippen molar-refractivity contribution in [1.82, 2.24) is 0 Å². The van der Waals surface area contributed by atoms with E-state index in [0.717, 1.165) is 0 Å². The molecule has 0 aliphatic rings. The zero-order valence-electron chi connectivity index (χ0n) is 7.23. The number of ketones is 1. The maximum atomic E-state index is 13.1. The summed E-state index contributed by atoms with van der Waals surface area (Å²) in [5.41, 5.74) is 0.0669. The van der Waals surface area contributed by atoms with E-state index in [1.54, 1.807) is 0 Å². The van der Waals surface area contributed by atoms with Crippen molar-refractivity contribution in [2.75, 3.05) is 7.11 Å². The zero-order valence-corrected chi connectivity index (χ0v) is 9.38. The van der Waals surface area contributed by atoms with Gasteiger partial charge in [-0.15, -0.1) is 0 Å². The van der Waals surface area contributed by atoms with Gasteiger partial charge in [-0.3, -0.25) is 4.79 Å². The average Bonchev–Trinajstić information content (AvgIpc) is 2.03. The second kappa shape index (κ2) is 4.04. The third-order valence-electron chi connectivity index (χ3n) is 1.62. The summed E-state index contributed by atoms with van der Waals surface area (Å²) in [5, 5.41) is 0. The van der Waals surface area contributed by atoms with E-state index in [0.29, 0.717) is 9.32 Å². The summed E-state index contributed by atoms with van der Waals surface area (Å²) < 4.78 is 18.8. The maximum absolute atomic E-state index is 13.1. The standard InChI is InChI=1S/C9H8FIO2/c1-5(12)6-3-9(13-2)8(11)4-7(6)10/h3-4H,1-2H3. The van der Waals surface area contributed by atoms with Gasteiger partial charge in [0.2, 0.25) is 0 Å². The van der Waals surface area contributed by atoms with Crippen molar-refractivity contribution in [3.8, 4) is 5.75 Å². The summed E-state index contributed by atoms with van der Waals surface area (Å²) in [4.78, 5) is 10.9. The maximum Gasteiger partial charge on any atom is 0.162 e. The molecule has 70 valence electrons. The largest absolute Gasteiger partial charge is 0.496 e. The van der Waals surface area contributed by atoms with E-state index in [2.05, 4.69) is 0 Å². The van der Waals surface area contributed by atoms with Gasteiger partial charge in [0.15, 0.2) is 5.78 Å². The number of carbonyl (C=O) groups is 1. The lowest BCUT2D eigenvalue weighted by Gasteiger charge is -2.05. The zero-order chi connectivity index (χ0) is 10.0. The predicted octanol–water partition coefficient (Wildman–Crippen LogP) is 2.64. The molecule has 0 aromatic heterocycles. The van der Waals surface area contributed by atoms with Crippen molar-refractivity contribution in [1.29, 1.82) is 0 Å². The fourth-order valence-corrected chi connectivity index (χ4v) is 1.60. The van der Waals surface area contributed by atoms with Crippen LogP contribution in [0.3, 0.4) is 0 Å². The minimum absolute atomic E-state index is 0.0669. The van der Waals surface area contributed by atoms with Gasteiger partial charge in [-0.25, -0.2) is 4.39 Å². The molecule has 2 nitrogen and oxygen atoms in total. The first kappa shape index (κ1) is 10.4. The van der Waals surface area contributed by atoms with E-state index >= 15 is 0 Å². The third-order valence-corrected chi connectivity index (χ3v) is 2.46. The topological polar surface area (TPSA) is 26.3 Å². The van der Waals surface area contributed by atoms with Crippen LogP contribution in [0.5, 0.6) is 5.75 Å². The van der Waals surface area contributed by atoms with Crippen LogP contribution < -0.4 is 4.74 Å². The monoisotopic (exact) mass is 294 g/mol. The van der Waals surface area contributed by atoms with E-state index < -0.39 is 5.82 Å². The Bertz CT molecular complexity index is 350. The number of methoxy groups -OCH3 is 1. The van der Waals surface area contributed by atoms with E-state index in [9.17, 15) is 9.18 Å². The second-order valence-corrected chi connectivity index (χ2v) is 3.68. The van der Waals surface area contributed by atoms with Gasteiger partial charge in [-0.1, -0.05) is 0 Å². The van der Waals surface area contributed by atoms with Crippen LogP contribution in [0.4, 0.5) is 4.39 Å². The van der Waals surface area contributed by atoms with Gasteiger partial charge in [-0.2, -0.15) is 0 Å². The molecule has 0 aliphatic carbocycles. The van der Waals surface area contributed by atoms with Gasteiger partial charge in [0.1, 0.15) is 11.6 Å². The first-order valence-corrected chi connectivity index (χ1v) is 4.68. The molecule has 1 aromatic rings. The normalized spacial score (nSPS) is 9.85. The quantitative estimate of drug-likeness (QED) is 0.619. The predicted molar refractivity (Wildman–Crippen MR) is 55.7 cm³/mol. The van der Waals surface area contributed by atoms with Crippen molar-refractivity contribution in [3.63, 3.8) is 0 Å². The lowest BCUT2D eigenvalue weighted by atomic mass is 10.1. The molecule has 4 heteroatoms. The number of hydrogen-bond acceptors (Lipinski definition) is 2. The Labute approximate surface area is 89.2 Å². The summed E-state index contributed by atoms with van der Waals surface area (Å²) in [6, 6.07) is 2.70. The van der Waals surface area contributed by atoms with Gasteiger partial charge in [-0.05, 0) is 41.6 Å². The molecule has 0 saturated carbocycles. The van der Waals surface area contributed by atoms with Gasteiger partial charge < -0.3 is 4.74 Å². The Balaban J connectivity index is 3.30. The molecule has 0 spiro atoms. The van der Waals surface area contributed by atoms with E-state index in [1.165, 1.54) is 26.2 Å². The first-order chi connectivity index (χ1) is 6.06. The molecule has 0 fully saturated rings. The Morgan fingerprint density at radius 1 is 1.54 bits per heavy atom. The van der Waals surface area contributed by atoms with Crippen LogP contribution in [-0.4, -0.2) is 12.9 Å².